The van der Waals surface area contributed by atoms with Gasteiger partial charge in [0.25, 0.3) is 5.69 Å². The fourth-order valence-electron chi connectivity index (χ4n) is 3.53. The summed E-state index contributed by atoms with van der Waals surface area (Å²) in [7, 11) is 2.54. The molecule has 0 saturated carbocycles. The summed E-state index contributed by atoms with van der Waals surface area (Å²) in [5, 5.41) is 12.6. The van der Waals surface area contributed by atoms with Gasteiger partial charge in [-0.25, -0.2) is 0 Å². The van der Waals surface area contributed by atoms with Crippen LogP contribution in [0, 0.1) is 10.1 Å². The van der Waals surface area contributed by atoms with Crippen molar-refractivity contribution >= 4 is 32.6 Å². The molecule has 0 radical (unpaired) electrons. The van der Waals surface area contributed by atoms with E-state index in [0.717, 1.165) is 27.8 Å². The lowest BCUT2D eigenvalue weighted by atomic mass is 9.86. The third-order valence-electron chi connectivity index (χ3n) is 4.72. The topological polar surface area (TPSA) is 43.1 Å². The molecule has 4 rings (SSSR count). The van der Waals surface area contributed by atoms with E-state index in [1.54, 1.807) is 0 Å². The molecule has 1 unspecified atom stereocenters. The summed E-state index contributed by atoms with van der Waals surface area (Å²) in [6.45, 7) is 0. The molecule has 0 spiro atoms. The van der Waals surface area contributed by atoms with Crippen molar-refractivity contribution in [2.75, 3.05) is 0 Å². The number of hydrogen-bond acceptors (Lipinski definition) is 2. The molecule has 0 aromatic heterocycles. The van der Waals surface area contributed by atoms with Crippen LogP contribution in [0.15, 0.2) is 97.1 Å². The highest BCUT2D eigenvalue weighted by Gasteiger charge is 2.26. The van der Waals surface area contributed by atoms with Gasteiger partial charge in [-0.3, -0.25) is 10.1 Å². The van der Waals surface area contributed by atoms with E-state index in [4.69, 9.17) is 0 Å². The largest absolute Gasteiger partial charge is 0.284 e. The molecule has 3 nitrogen and oxygen atoms in total. The fourth-order valence-corrected chi connectivity index (χ4v) is 3.94. The number of nitro benzene ring substituents is 1. The van der Waals surface area contributed by atoms with Gasteiger partial charge >= 0.3 is 0 Å². The van der Waals surface area contributed by atoms with Crippen LogP contribution in [-0.2, 0) is 0 Å². The maximum Gasteiger partial charge on any atom is 0.284 e. The second-order valence-corrected chi connectivity index (χ2v) is 7.09. The van der Waals surface area contributed by atoms with Crippen LogP contribution in [-0.4, -0.2) is 4.92 Å². The fraction of sp³-hybridized carbons (Fsp3) is 0. The van der Waals surface area contributed by atoms with Gasteiger partial charge in [-0.05, 0) is 28.3 Å². The summed E-state index contributed by atoms with van der Waals surface area (Å²) < 4.78 is 0. The highest BCUT2D eigenvalue weighted by molar-refractivity contribution is 7.28. The first kappa shape index (κ1) is 20.7. The van der Waals surface area contributed by atoms with E-state index in [1.165, 1.54) is 0 Å². The van der Waals surface area contributed by atoms with E-state index < -0.39 is 0 Å². The molecule has 0 bridgehead atoms. The Morgan fingerprint density at radius 3 is 1.52 bits per heavy atom. The lowest BCUT2D eigenvalue weighted by Crippen LogP contribution is -2.07. The third-order valence-corrected chi connectivity index (χ3v) is 5.16. The predicted octanol–water partition coefficient (Wildman–Crippen LogP) is 6.52. The molecule has 0 heterocycles. The predicted molar refractivity (Wildman–Crippen MR) is 126 cm³/mol. The highest BCUT2D eigenvalue weighted by atomic mass is 35.5. The van der Waals surface area contributed by atoms with Crippen LogP contribution in [0.5, 0.6) is 0 Å². The minimum Gasteiger partial charge on any atom is -0.258 e. The van der Waals surface area contributed by atoms with Gasteiger partial charge < -0.3 is 0 Å². The van der Waals surface area contributed by atoms with Crippen molar-refractivity contribution in [3.05, 3.63) is 107 Å². The summed E-state index contributed by atoms with van der Waals surface area (Å²) in [5.41, 5.74) is 5.41. The summed E-state index contributed by atoms with van der Waals surface area (Å²) in [6, 6.07) is 31.3. The Balaban J connectivity index is 0.00000240. The highest BCUT2D eigenvalue weighted by Crippen LogP contribution is 2.44. The van der Waals surface area contributed by atoms with E-state index in [-0.39, 0.29) is 23.0 Å². The van der Waals surface area contributed by atoms with Crippen LogP contribution in [0.25, 0.3) is 33.4 Å². The molecule has 0 amide bonds. The summed E-state index contributed by atoms with van der Waals surface area (Å²) in [6.07, 6.45) is 0. The van der Waals surface area contributed by atoms with Gasteiger partial charge in [0.1, 0.15) is 0 Å². The number of halogens is 1. The lowest BCUT2D eigenvalue weighted by molar-refractivity contribution is -0.382. The lowest BCUT2D eigenvalue weighted by Gasteiger charge is -2.18. The first-order valence-corrected chi connectivity index (χ1v) is 9.51. The van der Waals surface area contributed by atoms with Crippen LogP contribution < -0.4 is 5.30 Å². The molecule has 0 aliphatic heterocycles. The molecule has 5 heteroatoms. The average Bonchev–Trinajstić information content (AvgIpc) is 2.74. The number of hydrogen-bond donors (Lipinski definition) is 0. The van der Waals surface area contributed by atoms with Crippen LogP contribution in [0.4, 0.5) is 5.69 Å². The smallest absolute Gasteiger partial charge is 0.258 e. The molecule has 0 aliphatic carbocycles. The number of nitrogens with zero attached hydrogens (tertiary/aromatic N) is 1. The number of rotatable bonds is 4. The summed E-state index contributed by atoms with van der Waals surface area (Å²) in [4.78, 5) is 11.8. The molecule has 4 aromatic carbocycles. The second-order valence-electron chi connectivity index (χ2n) is 6.47. The molecule has 0 aliphatic rings. The third kappa shape index (κ3) is 4.07. The SMILES string of the molecule is Cl.O=[N+]([O-])c1c(P)cc(-c2ccccc2)c(-c2ccccc2)c1-c1ccccc1. The molecular formula is C24H19ClNO2P. The van der Waals surface area contributed by atoms with Crippen molar-refractivity contribution in [3.63, 3.8) is 0 Å². The Morgan fingerprint density at radius 2 is 1.07 bits per heavy atom. The van der Waals surface area contributed by atoms with Crippen LogP contribution in [0.2, 0.25) is 0 Å². The zero-order chi connectivity index (χ0) is 19.5. The molecule has 0 N–H and O–H groups in total. The van der Waals surface area contributed by atoms with Crippen molar-refractivity contribution in [2.24, 2.45) is 0 Å². The molecule has 0 fully saturated rings. The van der Waals surface area contributed by atoms with Gasteiger partial charge in [-0.1, -0.05) is 100 Å². The van der Waals surface area contributed by atoms with Gasteiger partial charge in [0.05, 0.1) is 10.5 Å². The van der Waals surface area contributed by atoms with Gasteiger partial charge in [0.2, 0.25) is 0 Å². The van der Waals surface area contributed by atoms with Crippen molar-refractivity contribution < 1.29 is 4.92 Å². The number of benzene rings is 4. The van der Waals surface area contributed by atoms with Crippen molar-refractivity contribution in [1.29, 1.82) is 0 Å². The molecule has 29 heavy (non-hydrogen) atoms. The summed E-state index contributed by atoms with van der Waals surface area (Å²) in [5.74, 6) is 0. The summed E-state index contributed by atoms with van der Waals surface area (Å²) >= 11 is 0. The van der Waals surface area contributed by atoms with Gasteiger partial charge in [-0.15, -0.1) is 12.4 Å². The van der Waals surface area contributed by atoms with E-state index in [1.807, 2.05) is 97.1 Å². The van der Waals surface area contributed by atoms with E-state index in [9.17, 15) is 10.1 Å². The minimum atomic E-state index is -0.286. The molecule has 4 aromatic rings. The van der Waals surface area contributed by atoms with Gasteiger partial charge in [0, 0.05) is 10.9 Å². The standard InChI is InChI=1S/C24H18NO2P.ClH/c26-25(27)24-21(28)16-20(17-10-4-1-5-11-17)22(18-12-6-2-7-13-18)23(24)19-14-8-3-9-15-19;/h1-16H,28H2;1H. The maximum absolute atomic E-state index is 12.0. The second kappa shape index (κ2) is 9.00. The van der Waals surface area contributed by atoms with Crippen LogP contribution >= 0.6 is 21.6 Å². The first-order valence-electron chi connectivity index (χ1n) is 8.94. The molecule has 144 valence electrons. The quantitative estimate of drug-likeness (QED) is 0.215. The molecular weight excluding hydrogens is 401 g/mol. The van der Waals surface area contributed by atoms with Crippen LogP contribution in [0.3, 0.4) is 0 Å². The monoisotopic (exact) mass is 419 g/mol. The van der Waals surface area contributed by atoms with Gasteiger partial charge in [0.15, 0.2) is 0 Å². The van der Waals surface area contributed by atoms with Crippen molar-refractivity contribution in [2.45, 2.75) is 0 Å². The maximum atomic E-state index is 12.0. The molecule has 1 atom stereocenters. The van der Waals surface area contributed by atoms with E-state index in [2.05, 4.69) is 9.24 Å². The normalized spacial score (nSPS) is 10.2. The van der Waals surface area contributed by atoms with E-state index in [0.29, 0.717) is 10.9 Å². The Morgan fingerprint density at radius 1 is 0.655 bits per heavy atom. The van der Waals surface area contributed by atoms with Crippen LogP contribution in [0.1, 0.15) is 0 Å². The molecule has 0 saturated heterocycles. The average molecular weight is 420 g/mol. The Bertz CT molecular complexity index is 1130. The first-order chi connectivity index (χ1) is 13.7. The Kier molecular flexibility index (Phi) is 6.43. The van der Waals surface area contributed by atoms with Gasteiger partial charge in [-0.2, -0.15) is 0 Å². The zero-order valence-corrected chi connectivity index (χ0v) is 17.5. The number of nitro groups is 1. The van der Waals surface area contributed by atoms with E-state index >= 15 is 0 Å². The Labute approximate surface area is 178 Å². The van der Waals surface area contributed by atoms with Crippen molar-refractivity contribution in [3.8, 4) is 33.4 Å². The Hall–Kier alpha value is -3.00. The van der Waals surface area contributed by atoms with Crippen molar-refractivity contribution in [1.82, 2.24) is 0 Å². The zero-order valence-electron chi connectivity index (χ0n) is 15.5. The minimum absolute atomic E-state index is 0.